The van der Waals surface area contributed by atoms with E-state index in [9.17, 15) is 27.6 Å². The number of carbonyl (C=O) groups is 3. The standard InChI is InChI=1S/C18H21F3N2O5/c19-18(20,21)12-5-4-8-14(9-12)27-11-16(25)28-10-15(24)23-17(26)22-13-6-2-1-3-7-13/h4-5,8-9,13H,1-3,6-7,10-11H2,(H2,22,23,24,26). The molecule has 1 fully saturated rings. The molecule has 0 unspecified atom stereocenters. The van der Waals surface area contributed by atoms with Gasteiger partial charge in [-0.15, -0.1) is 0 Å². The van der Waals surface area contributed by atoms with Crippen molar-refractivity contribution in [2.75, 3.05) is 13.2 Å². The second-order valence-electron chi connectivity index (χ2n) is 6.33. The van der Waals surface area contributed by atoms with E-state index in [1.54, 1.807) is 0 Å². The fourth-order valence-electron chi connectivity index (χ4n) is 2.72. The van der Waals surface area contributed by atoms with Crippen LogP contribution >= 0.6 is 0 Å². The van der Waals surface area contributed by atoms with Gasteiger partial charge in [-0.2, -0.15) is 13.2 Å². The molecule has 0 aromatic heterocycles. The van der Waals surface area contributed by atoms with Crippen LogP contribution in [0.4, 0.5) is 18.0 Å². The molecule has 1 aromatic carbocycles. The van der Waals surface area contributed by atoms with Crippen LogP contribution in [0.5, 0.6) is 5.75 Å². The lowest BCUT2D eigenvalue weighted by atomic mass is 9.96. The van der Waals surface area contributed by atoms with Gasteiger partial charge in [0.05, 0.1) is 5.56 Å². The Kier molecular flexibility index (Phi) is 7.65. The number of ether oxygens (including phenoxy) is 2. The van der Waals surface area contributed by atoms with Crippen molar-refractivity contribution in [3.05, 3.63) is 29.8 Å². The summed E-state index contributed by atoms with van der Waals surface area (Å²) in [4.78, 5) is 34.9. The van der Waals surface area contributed by atoms with E-state index in [1.165, 1.54) is 6.07 Å². The summed E-state index contributed by atoms with van der Waals surface area (Å²) in [6, 6.07) is 3.37. The Balaban J connectivity index is 1.67. The first-order valence-corrected chi connectivity index (χ1v) is 8.80. The molecule has 0 bridgehead atoms. The van der Waals surface area contributed by atoms with E-state index in [0.717, 1.165) is 50.3 Å². The minimum absolute atomic E-state index is 0.0185. The van der Waals surface area contributed by atoms with Crippen LogP contribution < -0.4 is 15.4 Å². The summed E-state index contributed by atoms with van der Waals surface area (Å²) in [5, 5.41) is 4.72. The Morgan fingerprint density at radius 2 is 1.79 bits per heavy atom. The molecule has 0 radical (unpaired) electrons. The number of urea groups is 1. The molecule has 2 N–H and O–H groups in total. The van der Waals surface area contributed by atoms with Crippen molar-refractivity contribution in [3.8, 4) is 5.75 Å². The Morgan fingerprint density at radius 3 is 2.46 bits per heavy atom. The molecule has 10 heteroatoms. The van der Waals surface area contributed by atoms with Crippen LogP contribution in [0, 0.1) is 0 Å². The zero-order valence-electron chi connectivity index (χ0n) is 15.0. The van der Waals surface area contributed by atoms with Crippen LogP contribution in [0.3, 0.4) is 0 Å². The molecule has 28 heavy (non-hydrogen) atoms. The summed E-state index contributed by atoms with van der Waals surface area (Å²) in [5.41, 5.74) is -0.915. The van der Waals surface area contributed by atoms with Gasteiger partial charge >= 0.3 is 18.2 Å². The number of carbonyl (C=O) groups excluding carboxylic acids is 3. The first-order chi connectivity index (χ1) is 13.2. The topological polar surface area (TPSA) is 93.7 Å². The van der Waals surface area contributed by atoms with E-state index in [1.807, 2.05) is 5.32 Å². The third-order valence-corrected chi connectivity index (χ3v) is 4.08. The van der Waals surface area contributed by atoms with Crippen molar-refractivity contribution in [1.29, 1.82) is 0 Å². The molecule has 7 nitrogen and oxygen atoms in total. The highest BCUT2D eigenvalue weighted by Crippen LogP contribution is 2.31. The van der Waals surface area contributed by atoms with E-state index in [0.29, 0.717) is 0 Å². The van der Waals surface area contributed by atoms with Crippen LogP contribution in [0.25, 0.3) is 0 Å². The number of halogens is 3. The largest absolute Gasteiger partial charge is 0.482 e. The number of imide groups is 1. The van der Waals surface area contributed by atoms with Crippen molar-refractivity contribution in [2.45, 2.75) is 44.3 Å². The summed E-state index contributed by atoms with van der Waals surface area (Å²) in [5.74, 6) is -1.94. The SMILES string of the molecule is O=C(COC(=O)COc1cccc(C(F)(F)F)c1)NC(=O)NC1CCCCC1. The average Bonchev–Trinajstić information content (AvgIpc) is 2.65. The Hall–Kier alpha value is -2.78. The second kappa shape index (κ2) is 9.95. The van der Waals surface area contributed by atoms with Crippen LogP contribution in [-0.4, -0.2) is 37.2 Å². The van der Waals surface area contributed by atoms with Crippen LogP contribution in [-0.2, 0) is 20.5 Å². The Bertz CT molecular complexity index is 703. The van der Waals surface area contributed by atoms with E-state index in [4.69, 9.17) is 4.74 Å². The molecule has 1 aromatic rings. The van der Waals surface area contributed by atoms with Crippen molar-refractivity contribution in [3.63, 3.8) is 0 Å². The van der Waals surface area contributed by atoms with Gasteiger partial charge in [0.2, 0.25) is 0 Å². The van der Waals surface area contributed by atoms with Gasteiger partial charge in [-0.3, -0.25) is 10.1 Å². The van der Waals surface area contributed by atoms with Gasteiger partial charge in [0, 0.05) is 6.04 Å². The summed E-state index contributed by atoms with van der Waals surface area (Å²) in [6.07, 6.45) is 0.325. The molecule has 154 valence electrons. The lowest BCUT2D eigenvalue weighted by molar-refractivity contribution is -0.150. The van der Waals surface area contributed by atoms with E-state index >= 15 is 0 Å². The van der Waals surface area contributed by atoms with E-state index < -0.39 is 42.9 Å². The zero-order valence-corrected chi connectivity index (χ0v) is 15.0. The van der Waals surface area contributed by atoms with Crippen molar-refractivity contribution < 1.29 is 37.0 Å². The lowest BCUT2D eigenvalue weighted by Gasteiger charge is -2.22. The quantitative estimate of drug-likeness (QED) is 0.714. The number of benzene rings is 1. The highest BCUT2D eigenvalue weighted by molar-refractivity contribution is 5.95. The molecule has 0 heterocycles. The number of esters is 1. The maximum Gasteiger partial charge on any atom is 0.416 e. The maximum absolute atomic E-state index is 12.6. The molecule has 3 amide bonds. The normalized spacial score (nSPS) is 14.8. The van der Waals surface area contributed by atoms with E-state index in [2.05, 4.69) is 10.1 Å². The monoisotopic (exact) mass is 402 g/mol. The Morgan fingerprint density at radius 1 is 1.07 bits per heavy atom. The Labute approximate surface area is 159 Å². The fourth-order valence-corrected chi connectivity index (χ4v) is 2.72. The fraction of sp³-hybridized carbons (Fsp3) is 0.500. The van der Waals surface area contributed by atoms with Gasteiger partial charge < -0.3 is 14.8 Å². The molecular formula is C18H21F3N2O5. The third-order valence-electron chi connectivity index (χ3n) is 4.08. The number of alkyl halides is 3. The molecule has 1 aliphatic rings. The number of amides is 3. The number of hydrogen-bond donors (Lipinski definition) is 2. The molecule has 1 aliphatic carbocycles. The number of nitrogens with one attached hydrogen (secondary N) is 2. The van der Waals surface area contributed by atoms with Gasteiger partial charge in [-0.05, 0) is 31.0 Å². The number of hydrogen-bond acceptors (Lipinski definition) is 5. The first kappa shape index (κ1) is 21.5. The van der Waals surface area contributed by atoms with Crippen LogP contribution in [0.15, 0.2) is 24.3 Å². The molecule has 2 rings (SSSR count). The van der Waals surface area contributed by atoms with Gasteiger partial charge in [0.25, 0.3) is 5.91 Å². The maximum atomic E-state index is 12.6. The van der Waals surface area contributed by atoms with Crippen molar-refractivity contribution >= 4 is 17.9 Å². The lowest BCUT2D eigenvalue weighted by Crippen LogP contribution is -2.46. The highest BCUT2D eigenvalue weighted by atomic mass is 19.4. The molecule has 0 saturated heterocycles. The molecule has 0 atom stereocenters. The molecular weight excluding hydrogens is 381 g/mol. The molecule has 1 saturated carbocycles. The second-order valence-corrected chi connectivity index (χ2v) is 6.33. The first-order valence-electron chi connectivity index (χ1n) is 8.80. The minimum Gasteiger partial charge on any atom is -0.482 e. The van der Waals surface area contributed by atoms with Gasteiger partial charge in [0.1, 0.15) is 5.75 Å². The third kappa shape index (κ3) is 7.45. The van der Waals surface area contributed by atoms with Crippen LogP contribution in [0.2, 0.25) is 0 Å². The average molecular weight is 402 g/mol. The highest BCUT2D eigenvalue weighted by Gasteiger charge is 2.30. The summed E-state index contributed by atoms with van der Waals surface area (Å²) < 4.78 is 47.4. The van der Waals surface area contributed by atoms with Crippen LogP contribution in [0.1, 0.15) is 37.7 Å². The van der Waals surface area contributed by atoms with Gasteiger partial charge in [-0.1, -0.05) is 25.3 Å². The predicted octanol–water partition coefficient (Wildman–Crippen LogP) is 2.79. The summed E-state index contributed by atoms with van der Waals surface area (Å²) >= 11 is 0. The van der Waals surface area contributed by atoms with Crippen molar-refractivity contribution in [1.82, 2.24) is 10.6 Å². The van der Waals surface area contributed by atoms with E-state index in [-0.39, 0.29) is 11.8 Å². The molecule has 0 aliphatic heterocycles. The minimum atomic E-state index is -4.53. The van der Waals surface area contributed by atoms with Gasteiger partial charge in [0.15, 0.2) is 13.2 Å². The number of rotatable bonds is 6. The summed E-state index contributed by atoms with van der Waals surface area (Å²) in [6.45, 7) is -1.38. The summed E-state index contributed by atoms with van der Waals surface area (Å²) in [7, 11) is 0. The smallest absolute Gasteiger partial charge is 0.416 e. The van der Waals surface area contributed by atoms with Gasteiger partial charge in [-0.25, -0.2) is 9.59 Å². The zero-order chi connectivity index (χ0) is 20.6. The van der Waals surface area contributed by atoms with Crippen molar-refractivity contribution in [2.24, 2.45) is 0 Å². The predicted molar refractivity (Wildman–Crippen MR) is 91.4 cm³/mol. The molecule has 0 spiro atoms.